The molecule has 6 heterocycles. The number of hydrogen-bond acceptors (Lipinski definition) is 6. The Morgan fingerprint density at radius 3 is 0.742 bits per heavy atom. The van der Waals surface area contributed by atoms with E-state index in [1.54, 1.807) is 0 Å². The maximum Gasteiger partial charge on any atom is 0.0951 e. The molecular formula is C54H96N12. The summed E-state index contributed by atoms with van der Waals surface area (Å²) in [6.45, 7) is 51.7. The molecule has 0 fully saturated rings. The highest BCUT2D eigenvalue weighted by Gasteiger charge is 2.08. The van der Waals surface area contributed by atoms with Crippen molar-refractivity contribution < 1.29 is 0 Å². The second kappa shape index (κ2) is 29.1. The van der Waals surface area contributed by atoms with Crippen LogP contribution in [-0.4, -0.2) is 58.2 Å². The summed E-state index contributed by atoms with van der Waals surface area (Å²) in [5.74, 6) is 3.32. The summed E-state index contributed by atoms with van der Waals surface area (Å²) < 4.78 is 12.2. The Balaban J connectivity index is 0.000000396. The van der Waals surface area contributed by atoms with E-state index < -0.39 is 0 Å². The van der Waals surface area contributed by atoms with Crippen molar-refractivity contribution in [2.75, 3.05) is 0 Å². The molecule has 12 nitrogen and oxygen atoms in total. The van der Waals surface area contributed by atoms with Crippen molar-refractivity contribution in [3.05, 3.63) is 108 Å². The zero-order chi connectivity index (χ0) is 50.6. The van der Waals surface area contributed by atoms with Crippen LogP contribution in [0.3, 0.4) is 0 Å². The predicted octanol–water partition coefficient (Wildman–Crippen LogP) is 15.5. The summed E-state index contributed by atoms with van der Waals surface area (Å²) in [5, 5.41) is 17.4. The molecule has 6 aromatic heterocycles. The van der Waals surface area contributed by atoms with Gasteiger partial charge in [-0.1, -0.05) is 83.1 Å². The Morgan fingerprint density at radius 2 is 0.606 bits per heavy atom. The molecular weight excluding hydrogens is 817 g/mol. The third kappa shape index (κ3) is 21.3. The highest BCUT2D eigenvalue weighted by Crippen LogP contribution is 2.18. The van der Waals surface area contributed by atoms with Gasteiger partial charge in [0.05, 0.1) is 47.8 Å². The number of aromatic nitrogens is 12. The van der Waals surface area contributed by atoms with Crippen LogP contribution >= 0.6 is 0 Å². The van der Waals surface area contributed by atoms with E-state index in [-0.39, 0.29) is 0 Å². The first-order valence-electron chi connectivity index (χ1n) is 24.9. The molecule has 0 spiro atoms. The summed E-state index contributed by atoms with van der Waals surface area (Å²) in [7, 11) is 0. The maximum absolute atomic E-state index is 4.43. The van der Waals surface area contributed by atoms with Crippen LogP contribution in [0.2, 0.25) is 0 Å². The summed E-state index contributed by atoms with van der Waals surface area (Å²) in [4.78, 5) is 8.60. The molecule has 6 aromatic rings. The van der Waals surface area contributed by atoms with E-state index >= 15 is 0 Å². The minimum Gasteiger partial charge on any atom is -0.335 e. The lowest BCUT2D eigenvalue weighted by atomic mass is 10.1. The fourth-order valence-corrected chi connectivity index (χ4v) is 5.63. The van der Waals surface area contributed by atoms with Gasteiger partial charge in [-0.25, -0.2) is 9.97 Å². The lowest BCUT2D eigenvalue weighted by Gasteiger charge is -2.04. The molecule has 0 aromatic carbocycles. The van der Waals surface area contributed by atoms with Gasteiger partial charge in [-0.05, 0) is 142 Å². The first-order chi connectivity index (χ1) is 30.7. The van der Waals surface area contributed by atoms with Crippen molar-refractivity contribution >= 4 is 0 Å². The van der Waals surface area contributed by atoms with Crippen LogP contribution < -0.4 is 0 Å². The maximum atomic E-state index is 4.43. The minimum atomic E-state index is 0.475. The van der Waals surface area contributed by atoms with Gasteiger partial charge in [0.1, 0.15) is 0 Å². The van der Waals surface area contributed by atoms with Crippen molar-refractivity contribution in [2.45, 2.75) is 238 Å². The average Bonchev–Trinajstić information content (AvgIpc) is 4.09. The number of nitrogens with zero attached hydrogens (tertiary/aromatic N) is 12. The summed E-state index contributed by atoms with van der Waals surface area (Å²) >= 11 is 0. The third-order valence-corrected chi connectivity index (χ3v) is 10.8. The van der Waals surface area contributed by atoms with Gasteiger partial charge >= 0.3 is 0 Å². The number of rotatable bonds is 12. The predicted molar refractivity (Wildman–Crippen MR) is 280 cm³/mol. The largest absolute Gasteiger partial charge is 0.335 e. The zero-order valence-corrected chi connectivity index (χ0v) is 46.2. The van der Waals surface area contributed by atoms with Crippen molar-refractivity contribution in [1.29, 1.82) is 0 Å². The second-order valence-electron chi connectivity index (χ2n) is 20.9. The molecule has 0 saturated heterocycles. The molecule has 0 amide bonds. The number of hydrogen-bond donors (Lipinski definition) is 0. The van der Waals surface area contributed by atoms with Gasteiger partial charge in [-0.2, -0.15) is 20.4 Å². The molecule has 0 unspecified atom stereocenters. The van der Waals surface area contributed by atoms with E-state index in [2.05, 4.69) is 243 Å². The van der Waals surface area contributed by atoms with Gasteiger partial charge in [-0.3, -0.25) is 18.7 Å². The quantitative estimate of drug-likeness (QED) is 0.121. The highest BCUT2D eigenvalue weighted by atomic mass is 15.3. The third-order valence-electron chi connectivity index (χ3n) is 10.8. The molecule has 0 aliphatic heterocycles. The Morgan fingerprint density at radius 1 is 0.318 bits per heavy atom. The molecule has 0 atom stereocenters. The van der Waals surface area contributed by atoms with Crippen molar-refractivity contribution in [1.82, 2.24) is 58.2 Å². The molecule has 12 heteroatoms. The Kier molecular flexibility index (Phi) is 26.1. The van der Waals surface area contributed by atoms with E-state index in [0.717, 1.165) is 0 Å². The first-order valence-corrected chi connectivity index (χ1v) is 24.9. The summed E-state index contributed by atoms with van der Waals surface area (Å²) in [6, 6.07) is 7.12. The Labute approximate surface area is 403 Å². The Hall–Kier alpha value is -4.74. The standard InChI is InChI=1S/6C9H16N2/c2*1-7(2)9-5-11(6-10-9)8(3)4;2*1-7(2)9-5-10-11(6-9)8(3)4;2*1-7(2)9-5-6-11(10-9)8(3)4/h6*5-8H,1-4H3. The monoisotopic (exact) mass is 913 g/mol. The SMILES string of the molecule is CC(C)c1ccn(C(C)C)n1.CC(C)c1ccn(C(C)C)n1.CC(C)c1cn(C(C)C)cn1.CC(C)c1cn(C(C)C)cn1.CC(C)c1cnn(C(C)C)c1.CC(C)c1cnn(C(C)C)c1. The fourth-order valence-electron chi connectivity index (χ4n) is 5.63. The lowest BCUT2D eigenvalue weighted by molar-refractivity contribution is 0.523. The normalized spacial score (nSPS) is 11.5. The zero-order valence-electron chi connectivity index (χ0n) is 46.2. The van der Waals surface area contributed by atoms with Crippen LogP contribution in [0.1, 0.15) is 272 Å². The van der Waals surface area contributed by atoms with Crippen LogP contribution in [-0.2, 0) is 0 Å². The van der Waals surface area contributed by atoms with Gasteiger partial charge < -0.3 is 9.13 Å². The lowest BCUT2D eigenvalue weighted by Crippen LogP contribution is -2.02. The van der Waals surface area contributed by atoms with E-state index in [9.17, 15) is 0 Å². The molecule has 6 rings (SSSR count). The Bertz CT molecular complexity index is 1590. The molecule has 0 radical (unpaired) electrons. The van der Waals surface area contributed by atoms with Gasteiger partial charge in [-0.15, -0.1) is 0 Å². The van der Waals surface area contributed by atoms with Crippen molar-refractivity contribution in [3.8, 4) is 0 Å². The first kappa shape index (κ1) is 59.3. The van der Waals surface area contributed by atoms with Crippen LogP contribution in [0, 0.1) is 0 Å². The molecule has 372 valence electrons. The molecule has 0 aliphatic rings. The minimum absolute atomic E-state index is 0.475. The van der Waals surface area contributed by atoms with Gasteiger partial charge in [0.25, 0.3) is 0 Å². The smallest absolute Gasteiger partial charge is 0.0951 e. The van der Waals surface area contributed by atoms with Crippen LogP contribution in [0.25, 0.3) is 0 Å². The van der Waals surface area contributed by atoms with Crippen LogP contribution in [0.4, 0.5) is 0 Å². The molecule has 66 heavy (non-hydrogen) atoms. The second-order valence-corrected chi connectivity index (χ2v) is 20.9. The molecule has 0 bridgehead atoms. The summed E-state index contributed by atoms with van der Waals surface area (Å²) in [5.41, 5.74) is 7.35. The molecule has 0 saturated carbocycles. The topological polar surface area (TPSA) is 107 Å². The van der Waals surface area contributed by atoms with Gasteiger partial charge in [0.2, 0.25) is 0 Å². The van der Waals surface area contributed by atoms with Crippen molar-refractivity contribution in [3.63, 3.8) is 0 Å². The van der Waals surface area contributed by atoms with Gasteiger partial charge in [0, 0.05) is 73.4 Å². The van der Waals surface area contributed by atoms with E-state index in [4.69, 9.17) is 0 Å². The number of imidazole rings is 2. The fraction of sp³-hybridized carbons (Fsp3) is 0.667. The van der Waals surface area contributed by atoms with E-state index in [1.165, 1.54) is 33.9 Å². The van der Waals surface area contributed by atoms with E-state index in [0.29, 0.717) is 71.8 Å². The van der Waals surface area contributed by atoms with Gasteiger partial charge in [0.15, 0.2) is 0 Å². The molecule has 0 N–H and O–H groups in total. The van der Waals surface area contributed by atoms with E-state index in [1.807, 2.05) is 56.2 Å². The average molecular weight is 913 g/mol. The van der Waals surface area contributed by atoms with Crippen LogP contribution in [0.15, 0.2) is 74.4 Å². The summed E-state index contributed by atoms with van der Waals surface area (Å²) in [6.07, 6.45) is 20.3. The molecule has 0 aliphatic carbocycles. The van der Waals surface area contributed by atoms with Crippen LogP contribution in [0.5, 0.6) is 0 Å². The highest BCUT2D eigenvalue weighted by molar-refractivity contribution is 5.10. The van der Waals surface area contributed by atoms with Crippen molar-refractivity contribution in [2.24, 2.45) is 0 Å².